The molecule has 0 aromatic rings. The summed E-state index contributed by atoms with van der Waals surface area (Å²) in [6.45, 7) is 0. The molecule has 1 fully saturated rings. The molecule has 0 amide bonds. The van der Waals surface area contributed by atoms with E-state index in [4.69, 9.17) is 37.6 Å². The summed E-state index contributed by atoms with van der Waals surface area (Å²) in [5.74, 6) is 4.44. The van der Waals surface area contributed by atoms with Gasteiger partial charge in [-0.3, -0.25) is 37.6 Å². The molecule has 3 atom stereocenters. The third kappa shape index (κ3) is 10.3. The summed E-state index contributed by atoms with van der Waals surface area (Å²) in [6, 6.07) is 0. The van der Waals surface area contributed by atoms with Crippen molar-refractivity contribution in [2.24, 2.45) is 17.8 Å². The maximum absolute atomic E-state index is 5.60. The van der Waals surface area contributed by atoms with E-state index < -0.39 is 32.6 Å². The van der Waals surface area contributed by atoms with Crippen molar-refractivity contribution in [1.29, 1.82) is 0 Å². The van der Waals surface area contributed by atoms with Crippen molar-refractivity contribution in [3.8, 4) is 0 Å². The zero-order valence-corrected chi connectivity index (χ0v) is 26.6. The molecular formula is C24H54O9S3. The van der Waals surface area contributed by atoms with Crippen LogP contribution in [0.15, 0.2) is 0 Å². The van der Waals surface area contributed by atoms with Crippen LogP contribution in [0.4, 0.5) is 0 Å². The summed E-state index contributed by atoms with van der Waals surface area (Å²) in [7, 11) is 9.30. The summed E-state index contributed by atoms with van der Waals surface area (Å²) in [5.41, 5.74) is 0. The summed E-state index contributed by atoms with van der Waals surface area (Å²) < 4.78 is 50.2. The molecule has 0 saturated heterocycles. The molecule has 1 aliphatic carbocycles. The van der Waals surface area contributed by atoms with Gasteiger partial charge in [0.25, 0.3) is 0 Å². The highest BCUT2D eigenvalue weighted by Crippen LogP contribution is 2.53. The van der Waals surface area contributed by atoms with E-state index in [0.29, 0.717) is 17.8 Å². The summed E-state index contributed by atoms with van der Waals surface area (Å²) in [4.78, 5) is 0. The van der Waals surface area contributed by atoms with Gasteiger partial charge in [-0.05, 0) is 69.1 Å². The summed E-state index contributed by atoms with van der Waals surface area (Å²) in [6.07, 6.45) is 10.3. The predicted molar refractivity (Wildman–Crippen MR) is 152 cm³/mol. The van der Waals surface area contributed by atoms with Gasteiger partial charge in [0.2, 0.25) is 0 Å². The Kier molecular flexibility index (Phi) is 17.5. The van der Waals surface area contributed by atoms with Crippen LogP contribution >= 0.6 is 32.6 Å². The van der Waals surface area contributed by atoms with Crippen molar-refractivity contribution in [3.63, 3.8) is 0 Å². The lowest BCUT2D eigenvalue weighted by Crippen LogP contribution is -2.27. The quantitative estimate of drug-likeness (QED) is 0.145. The van der Waals surface area contributed by atoms with Gasteiger partial charge in [0.15, 0.2) is 0 Å². The monoisotopic (exact) mass is 582 g/mol. The average Bonchev–Trinajstić information content (AvgIpc) is 2.93. The lowest BCUT2D eigenvalue weighted by Gasteiger charge is -2.39. The fourth-order valence-electron chi connectivity index (χ4n) is 5.38. The SMILES string of the molecule is COS(CCCC1CCC(CCCS(OC)(OC)OC)C(CCCS(OC)(OC)OC)C1)(OC)OC. The first-order chi connectivity index (χ1) is 17.3. The van der Waals surface area contributed by atoms with E-state index in [1.807, 2.05) is 0 Å². The van der Waals surface area contributed by atoms with E-state index in [1.165, 1.54) is 25.7 Å². The Morgan fingerprint density at radius 2 is 0.778 bits per heavy atom. The minimum Gasteiger partial charge on any atom is -0.296 e. The molecule has 0 radical (unpaired) electrons. The van der Waals surface area contributed by atoms with Crippen molar-refractivity contribution >= 4 is 32.6 Å². The molecule has 12 heteroatoms. The minimum atomic E-state index is -1.91. The third-order valence-corrected chi connectivity index (χ3v) is 14.4. The van der Waals surface area contributed by atoms with Crippen molar-refractivity contribution in [2.45, 2.75) is 57.8 Å². The van der Waals surface area contributed by atoms with Gasteiger partial charge in [0.1, 0.15) is 0 Å². The van der Waals surface area contributed by atoms with E-state index in [-0.39, 0.29) is 0 Å². The molecule has 0 spiro atoms. The van der Waals surface area contributed by atoms with Crippen molar-refractivity contribution in [3.05, 3.63) is 0 Å². The van der Waals surface area contributed by atoms with Gasteiger partial charge in [0.05, 0.1) is 96.6 Å². The molecule has 3 unspecified atom stereocenters. The first-order valence-electron chi connectivity index (χ1n) is 12.7. The van der Waals surface area contributed by atoms with Crippen LogP contribution in [0.25, 0.3) is 0 Å². The molecule has 0 aromatic heterocycles. The molecular weight excluding hydrogens is 528 g/mol. The maximum atomic E-state index is 5.60. The van der Waals surface area contributed by atoms with Crippen LogP contribution in [-0.2, 0) is 37.6 Å². The van der Waals surface area contributed by atoms with Gasteiger partial charge in [0, 0.05) is 17.3 Å². The standard InChI is InChI=1S/C24H54O9S3/c1-25-34(26-2,27-3)18-10-13-22-16-17-23(14-11-19-35(28-4,29-5)30-6)24(21-22)15-12-20-36(31-7,32-8)33-9/h22-24H,10-21H2,1-9H3. The Labute approximate surface area is 226 Å². The molecule has 0 N–H and O–H groups in total. The molecule has 1 saturated carbocycles. The average molecular weight is 583 g/mol. The third-order valence-electron chi connectivity index (χ3n) is 7.48. The molecule has 0 aromatic carbocycles. The molecule has 1 rings (SSSR count). The molecule has 0 bridgehead atoms. The summed E-state index contributed by atoms with van der Waals surface area (Å²) in [5, 5.41) is 0. The largest absolute Gasteiger partial charge is 0.296 e. The van der Waals surface area contributed by atoms with Gasteiger partial charge in [-0.1, -0.05) is 6.42 Å². The lowest BCUT2D eigenvalue weighted by molar-refractivity contribution is 0.150. The molecule has 0 heterocycles. The van der Waals surface area contributed by atoms with Gasteiger partial charge in [-0.15, -0.1) is 0 Å². The first kappa shape index (κ1) is 34.7. The zero-order chi connectivity index (χ0) is 27.1. The van der Waals surface area contributed by atoms with Crippen LogP contribution in [0.2, 0.25) is 0 Å². The highest BCUT2D eigenvalue weighted by Gasteiger charge is 2.33. The van der Waals surface area contributed by atoms with E-state index in [0.717, 1.165) is 49.4 Å². The Morgan fingerprint density at radius 1 is 0.444 bits per heavy atom. The van der Waals surface area contributed by atoms with E-state index in [9.17, 15) is 0 Å². The number of hydrogen-bond acceptors (Lipinski definition) is 9. The molecule has 9 nitrogen and oxygen atoms in total. The van der Waals surface area contributed by atoms with Crippen LogP contribution in [0.5, 0.6) is 0 Å². The van der Waals surface area contributed by atoms with Gasteiger partial charge in [-0.2, -0.15) is 0 Å². The second-order valence-electron chi connectivity index (χ2n) is 8.91. The lowest BCUT2D eigenvalue weighted by atomic mass is 9.70. The fourth-order valence-corrected chi connectivity index (χ4v) is 9.66. The Bertz CT molecular complexity index is 536. The second-order valence-corrected chi connectivity index (χ2v) is 16.5. The topological polar surface area (TPSA) is 83.1 Å². The molecule has 0 aliphatic heterocycles. The Morgan fingerprint density at radius 3 is 1.14 bits per heavy atom. The van der Waals surface area contributed by atoms with Crippen LogP contribution in [0.3, 0.4) is 0 Å². The van der Waals surface area contributed by atoms with Crippen LogP contribution in [0.1, 0.15) is 57.8 Å². The predicted octanol–water partition coefficient (Wildman–Crippen LogP) is 6.83. The van der Waals surface area contributed by atoms with Crippen molar-refractivity contribution in [2.75, 3.05) is 81.2 Å². The fraction of sp³-hybridized carbons (Fsp3) is 1.00. The highest BCUT2D eigenvalue weighted by atomic mass is 32.3. The van der Waals surface area contributed by atoms with Crippen LogP contribution in [-0.4, -0.2) is 81.2 Å². The second kappa shape index (κ2) is 18.1. The summed E-state index contributed by atoms with van der Waals surface area (Å²) >= 11 is 0. The molecule has 36 heavy (non-hydrogen) atoms. The Hall–Kier alpha value is 0.690. The smallest absolute Gasteiger partial charge is 0.0879 e. The minimum absolute atomic E-state index is 0.660. The van der Waals surface area contributed by atoms with Gasteiger partial charge < -0.3 is 0 Å². The van der Waals surface area contributed by atoms with E-state index >= 15 is 0 Å². The van der Waals surface area contributed by atoms with Crippen LogP contribution < -0.4 is 0 Å². The van der Waals surface area contributed by atoms with E-state index in [1.54, 1.807) is 64.0 Å². The highest BCUT2D eigenvalue weighted by molar-refractivity contribution is 8.22. The van der Waals surface area contributed by atoms with Crippen molar-refractivity contribution in [1.82, 2.24) is 0 Å². The maximum Gasteiger partial charge on any atom is 0.0879 e. The van der Waals surface area contributed by atoms with Crippen LogP contribution in [0, 0.1) is 17.8 Å². The number of rotatable bonds is 21. The molecule has 1 aliphatic rings. The molecule has 222 valence electrons. The first-order valence-corrected chi connectivity index (χ1v) is 17.5. The zero-order valence-electron chi connectivity index (χ0n) is 24.1. The van der Waals surface area contributed by atoms with Gasteiger partial charge >= 0.3 is 0 Å². The Balaban J connectivity index is 2.75. The van der Waals surface area contributed by atoms with Gasteiger partial charge in [-0.25, -0.2) is 0 Å². The van der Waals surface area contributed by atoms with Crippen molar-refractivity contribution < 1.29 is 37.6 Å². The number of hydrogen-bond donors (Lipinski definition) is 0. The van der Waals surface area contributed by atoms with E-state index in [2.05, 4.69) is 0 Å². The normalized spacial score (nSPS) is 23.1.